The van der Waals surface area contributed by atoms with Crippen molar-refractivity contribution in [2.75, 3.05) is 0 Å². The van der Waals surface area contributed by atoms with Crippen molar-refractivity contribution >= 4 is 23.3 Å². The Hall–Kier alpha value is -1.99. The third-order valence-electron chi connectivity index (χ3n) is 3.34. The predicted octanol–water partition coefficient (Wildman–Crippen LogP) is 5.22. The van der Waals surface area contributed by atoms with Gasteiger partial charge in [0.25, 0.3) is 0 Å². The summed E-state index contributed by atoms with van der Waals surface area (Å²) in [4.78, 5) is 0. The van der Waals surface area contributed by atoms with Crippen LogP contribution in [0.25, 0.3) is 11.6 Å². The molecule has 0 spiro atoms. The van der Waals surface area contributed by atoms with Crippen molar-refractivity contribution in [2.45, 2.75) is 13.0 Å². The normalized spacial score (nSPS) is 18.7. The van der Waals surface area contributed by atoms with Gasteiger partial charge in [-0.15, -0.1) is 0 Å². The van der Waals surface area contributed by atoms with Crippen LogP contribution in [0.1, 0.15) is 18.1 Å². The number of para-hydroxylation sites is 1. The molecule has 1 aliphatic rings. The molecule has 0 aromatic heterocycles. The van der Waals surface area contributed by atoms with Gasteiger partial charge in [0.15, 0.2) is 0 Å². The van der Waals surface area contributed by atoms with E-state index in [9.17, 15) is 0 Å². The molecule has 0 saturated heterocycles. The van der Waals surface area contributed by atoms with Crippen molar-refractivity contribution in [3.05, 3.63) is 76.8 Å². The van der Waals surface area contributed by atoms with Crippen molar-refractivity contribution < 1.29 is 4.74 Å². The third kappa shape index (κ3) is 2.37. The van der Waals surface area contributed by atoms with Crippen molar-refractivity contribution in [1.82, 2.24) is 0 Å². The van der Waals surface area contributed by atoms with Crippen LogP contribution < -0.4 is 4.74 Å². The van der Waals surface area contributed by atoms with Crippen LogP contribution in [-0.4, -0.2) is 6.10 Å². The maximum atomic E-state index is 6.05. The summed E-state index contributed by atoms with van der Waals surface area (Å²) in [6.07, 6.45) is 2.03. The van der Waals surface area contributed by atoms with Crippen LogP contribution in [0.3, 0.4) is 0 Å². The second-order valence-corrected chi connectivity index (χ2v) is 5.43. The molecule has 0 amide bonds. The first-order chi connectivity index (χ1) is 9.65. The van der Waals surface area contributed by atoms with E-state index < -0.39 is 0 Å². The van der Waals surface area contributed by atoms with Crippen LogP contribution in [0.4, 0.5) is 0 Å². The summed E-state index contributed by atoms with van der Waals surface area (Å²) in [5.74, 6) is 0.911. The Kier molecular flexibility index (Phi) is 3.37. The fourth-order valence-electron chi connectivity index (χ4n) is 2.44. The topological polar surface area (TPSA) is 9.23 Å². The van der Waals surface area contributed by atoms with E-state index in [0.717, 1.165) is 33.0 Å². The van der Waals surface area contributed by atoms with E-state index >= 15 is 0 Å². The van der Waals surface area contributed by atoms with Crippen LogP contribution in [-0.2, 0) is 0 Å². The number of hydrogen-bond donors (Lipinski definition) is 0. The van der Waals surface area contributed by atoms with E-state index in [4.69, 9.17) is 16.3 Å². The molecule has 2 heteroatoms. The zero-order valence-corrected chi connectivity index (χ0v) is 12.0. The molecule has 2 aromatic carbocycles. The third-order valence-corrected chi connectivity index (χ3v) is 3.58. The van der Waals surface area contributed by atoms with E-state index in [1.807, 2.05) is 49.4 Å². The molecule has 0 radical (unpaired) electrons. The van der Waals surface area contributed by atoms with E-state index in [-0.39, 0.29) is 6.10 Å². The standard InChI is InChI=1S/C18H15ClO/c1-12(2)18-16(11-13-6-5-7-14(19)10-13)15-8-3-4-9-17(15)20-18/h3-11,18H,1H2,2H3/b16-11+/t18-/m0/s1. The van der Waals surface area contributed by atoms with Gasteiger partial charge in [0.05, 0.1) is 0 Å². The van der Waals surface area contributed by atoms with Crippen LogP contribution in [0.15, 0.2) is 60.7 Å². The summed E-state index contributed by atoms with van der Waals surface area (Å²) in [6, 6.07) is 15.9. The Bertz CT molecular complexity index is 700. The average molecular weight is 283 g/mol. The van der Waals surface area contributed by atoms with Gasteiger partial charge in [-0.05, 0) is 42.3 Å². The molecule has 20 heavy (non-hydrogen) atoms. The van der Waals surface area contributed by atoms with E-state index in [2.05, 4.69) is 18.7 Å². The van der Waals surface area contributed by atoms with Gasteiger partial charge in [-0.25, -0.2) is 0 Å². The lowest BCUT2D eigenvalue weighted by Crippen LogP contribution is -2.12. The van der Waals surface area contributed by atoms with Crippen molar-refractivity contribution in [2.24, 2.45) is 0 Å². The highest BCUT2D eigenvalue weighted by Crippen LogP contribution is 2.40. The van der Waals surface area contributed by atoms with Crippen molar-refractivity contribution in [1.29, 1.82) is 0 Å². The van der Waals surface area contributed by atoms with Gasteiger partial charge in [0, 0.05) is 16.2 Å². The highest BCUT2D eigenvalue weighted by atomic mass is 35.5. The maximum absolute atomic E-state index is 6.05. The second kappa shape index (κ2) is 5.18. The smallest absolute Gasteiger partial charge is 0.145 e. The van der Waals surface area contributed by atoms with Gasteiger partial charge in [0.2, 0.25) is 0 Å². The van der Waals surface area contributed by atoms with Gasteiger partial charge in [-0.1, -0.05) is 48.5 Å². The Morgan fingerprint density at radius 2 is 2.00 bits per heavy atom. The quantitative estimate of drug-likeness (QED) is 0.686. The number of benzene rings is 2. The van der Waals surface area contributed by atoms with Crippen LogP contribution in [0.2, 0.25) is 5.02 Å². The molecule has 1 heterocycles. The minimum absolute atomic E-state index is 0.0913. The van der Waals surface area contributed by atoms with E-state index in [1.54, 1.807) is 0 Å². The average Bonchev–Trinajstić information content (AvgIpc) is 2.78. The molecule has 100 valence electrons. The number of hydrogen-bond acceptors (Lipinski definition) is 1. The first-order valence-electron chi connectivity index (χ1n) is 6.54. The molecule has 0 aliphatic carbocycles. The molecule has 0 bridgehead atoms. The minimum atomic E-state index is -0.0913. The van der Waals surface area contributed by atoms with Gasteiger partial charge in [0.1, 0.15) is 11.9 Å². The van der Waals surface area contributed by atoms with Gasteiger partial charge in [-0.2, -0.15) is 0 Å². The lowest BCUT2D eigenvalue weighted by molar-refractivity contribution is 0.312. The Labute approximate surface area is 124 Å². The zero-order chi connectivity index (χ0) is 14.1. The Morgan fingerprint density at radius 3 is 2.75 bits per heavy atom. The predicted molar refractivity (Wildman–Crippen MR) is 85.0 cm³/mol. The van der Waals surface area contributed by atoms with Gasteiger partial charge < -0.3 is 4.74 Å². The Balaban J connectivity index is 2.11. The van der Waals surface area contributed by atoms with Crippen molar-refractivity contribution in [3.8, 4) is 5.75 Å². The molecule has 0 saturated carbocycles. The molecular weight excluding hydrogens is 268 g/mol. The molecule has 0 unspecified atom stereocenters. The van der Waals surface area contributed by atoms with Crippen LogP contribution in [0.5, 0.6) is 5.75 Å². The minimum Gasteiger partial charge on any atom is -0.481 e. The molecule has 1 aliphatic heterocycles. The second-order valence-electron chi connectivity index (χ2n) is 5.00. The summed E-state index contributed by atoms with van der Waals surface area (Å²) in [5.41, 5.74) is 4.32. The lowest BCUT2D eigenvalue weighted by atomic mass is 9.96. The highest BCUT2D eigenvalue weighted by molar-refractivity contribution is 6.30. The fourth-order valence-corrected chi connectivity index (χ4v) is 2.63. The Morgan fingerprint density at radius 1 is 1.20 bits per heavy atom. The van der Waals surface area contributed by atoms with Gasteiger partial charge >= 0.3 is 0 Å². The summed E-state index contributed by atoms with van der Waals surface area (Å²) >= 11 is 6.05. The number of rotatable bonds is 2. The maximum Gasteiger partial charge on any atom is 0.145 e. The molecule has 3 rings (SSSR count). The van der Waals surface area contributed by atoms with Crippen molar-refractivity contribution in [3.63, 3.8) is 0 Å². The van der Waals surface area contributed by atoms with Gasteiger partial charge in [-0.3, -0.25) is 0 Å². The first-order valence-corrected chi connectivity index (χ1v) is 6.91. The van der Waals surface area contributed by atoms with E-state index in [0.29, 0.717) is 0 Å². The number of fused-ring (bicyclic) bond motifs is 1. The lowest BCUT2D eigenvalue weighted by Gasteiger charge is -2.12. The summed E-state index contributed by atoms with van der Waals surface area (Å²) < 4.78 is 5.98. The highest BCUT2D eigenvalue weighted by Gasteiger charge is 2.28. The van der Waals surface area contributed by atoms with Crippen LogP contribution >= 0.6 is 11.6 Å². The largest absolute Gasteiger partial charge is 0.481 e. The number of halogens is 1. The van der Waals surface area contributed by atoms with E-state index in [1.165, 1.54) is 0 Å². The SMILES string of the molecule is C=C(C)[C@@H]1Oc2ccccc2/C1=C\c1cccc(Cl)c1. The molecule has 1 atom stereocenters. The first kappa shape index (κ1) is 13.0. The molecule has 0 N–H and O–H groups in total. The van der Waals surface area contributed by atoms with Crippen LogP contribution in [0, 0.1) is 0 Å². The summed E-state index contributed by atoms with van der Waals surface area (Å²) in [5, 5.41) is 0.735. The summed E-state index contributed by atoms with van der Waals surface area (Å²) in [7, 11) is 0. The molecule has 1 nitrogen and oxygen atoms in total. The zero-order valence-electron chi connectivity index (χ0n) is 11.3. The molecule has 2 aromatic rings. The monoisotopic (exact) mass is 282 g/mol. The fraction of sp³-hybridized carbons (Fsp3) is 0.111. The number of ether oxygens (including phenoxy) is 1. The summed E-state index contributed by atoms with van der Waals surface area (Å²) in [6.45, 7) is 6.03. The molecule has 0 fully saturated rings. The molecular formula is C18H15ClO.